The smallest absolute Gasteiger partial charge is 0.255 e. The van der Waals surface area contributed by atoms with Crippen LogP contribution in [0.25, 0.3) is 0 Å². The van der Waals surface area contributed by atoms with Crippen molar-refractivity contribution in [1.29, 1.82) is 0 Å². The first kappa shape index (κ1) is 24.0. The molecule has 0 bridgehead atoms. The van der Waals surface area contributed by atoms with Crippen molar-refractivity contribution in [2.45, 2.75) is 31.4 Å². The number of carbonyl (C=O) groups is 3. The lowest BCUT2D eigenvalue weighted by Crippen LogP contribution is -2.64. The van der Waals surface area contributed by atoms with Gasteiger partial charge in [0.2, 0.25) is 5.78 Å². The van der Waals surface area contributed by atoms with Crippen LogP contribution in [-0.2, 0) is 16.0 Å². The third kappa shape index (κ3) is 2.97. The molecule has 0 aliphatic heterocycles. The molecule has 1 aromatic rings. The average Bonchev–Trinajstić information content (AvgIpc) is 2.78. The van der Waals surface area contributed by atoms with E-state index in [4.69, 9.17) is 17.3 Å². The number of anilines is 1. The summed E-state index contributed by atoms with van der Waals surface area (Å²) in [6.45, 7) is 2.13. The summed E-state index contributed by atoms with van der Waals surface area (Å²) in [7, 11) is 3.09. The molecule has 4 rings (SSSR count). The number of rotatable bonds is 4. The number of aliphatic hydroxyl groups excluding tert-OH is 2. The van der Waals surface area contributed by atoms with Gasteiger partial charge in [0.1, 0.15) is 22.2 Å². The van der Waals surface area contributed by atoms with E-state index in [1.807, 2.05) is 0 Å². The number of fused-ring (bicyclic) bond motifs is 3. The highest BCUT2D eigenvalue weighted by atomic mass is 35.5. The van der Waals surface area contributed by atoms with Gasteiger partial charge in [-0.15, -0.1) is 0 Å². The Morgan fingerprint density at radius 2 is 1.97 bits per heavy atom. The highest BCUT2D eigenvalue weighted by Crippen LogP contribution is 2.53. The second kappa shape index (κ2) is 7.97. The summed E-state index contributed by atoms with van der Waals surface area (Å²) in [5.41, 5.74) is 1.65. The van der Waals surface area contributed by atoms with Crippen molar-refractivity contribution < 1.29 is 34.8 Å². The lowest BCUT2D eigenvalue weighted by atomic mass is 9.58. The van der Waals surface area contributed by atoms with Crippen LogP contribution in [0.1, 0.15) is 29.3 Å². The van der Waals surface area contributed by atoms with Gasteiger partial charge in [0, 0.05) is 24.1 Å². The van der Waals surface area contributed by atoms with E-state index < -0.39 is 63.8 Å². The molecule has 0 aromatic carbocycles. The zero-order chi connectivity index (χ0) is 25.3. The predicted octanol–water partition coefficient (Wildman–Crippen LogP) is 0.601. The van der Waals surface area contributed by atoms with Crippen LogP contribution in [-0.4, -0.2) is 80.1 Å². The van der Waals surface area contributed by atoms with Crippen molar-refractivity contribution in [2.24, 2.45) is 17.6 Å². The molecule has 34 heavy (non-hydrogen) atoms. The van der Waals surface area contributed by atoms with Crippen molar-refractivity contribution in [2.75, 3.05) is 26.0 Å². The van der Waals surface area contributed by atoms with Crippen molar-refractivity contribution >= 4 is 34.9 Å². The van der Waals surface area contributed by atoms with Crippen molar-refractivity contribution in [1.82, 2.24) is 9.88 Å². The van der Waals surface area contributed by atoms with Crippen molar-refractivity contribution in [3.63, 3.8) is 0 Å². The van der Waals surface area contributed by atoms with E-state index in [0.29, 0.717) is 6.54 Å². The van der Waals surface area contributed by atoms with E-state index in [1.165, 1.54) is 7.05 Å². The molecule has 4 atom stereocenters. The van der Waals surface area contributed by atoms with Crippen molar-refractivity contribution in [3.05, 3.63) is 38.9 Å². The molecule has 3 aliphatic carbocycles. The van der Waals surface area contributed by atoms with Gasteiger partial charge in [0.05, 0.1) is 11.6 Å². The van der Waals surface area contributed by atoms with E-state index in [0.717, 1.165) is 0 Å². The standard InChI is InChI=1S/C22H25ClN4O7/c1-4-27(3)13-9-6-7-5-8-11(16(30)21(25-2)26-19(8)23)14(28)10(7)17(31)22(9,34)18(32)12(15(13)29)20(24)33/h7,9,13,29-31,34H,4-6H2,1-3H3,(H2,24,33)(H,25,26)/t7-,9-,13-,22-/m0/s1. The van der Waals surface area contributed by atoms with Crippen LogP contribution in [0.4, 0.5) is 5.82 Å². The van der Waals surface area contributed by atoms with Crippen LogP contribution in [0.5, 0.6) is 5.75 Å². The van der Waals surface area contributed by atoms with Gasteiger partial charge < -0.3 is 31.5 Å². The number of amides is 1. The fourth-order valence-corrected chi connectivity index (χ4v) is 5.70. The third-order valence-electron chi connectivity index (χ3n) is 7.19. The molecule has 1 heterocycles. The Labute approximate surface area is 199 Å². The number of halogens is 1. The Balaban J connectivity index is 1.98. The number of likely N-dealkylation sites (N-methyl/N-ethyl adjacent to an activating group) is 1. The lowest BCUT2D eigenvalue weighted by Gasteiger charge is -2.50. The fourth-order valence-electron chi connectivity index (χ4n) is 5.45. The maximum atomic E-state index is 13.5. The van der Waals surface area contributed by atoms with Crippen LogP contribution < -0.4 is 11.1 Å². The number of aliphatic hydroxyl groups is 3. The quantitative estimate of drug-likeness (QED) is 0.256. The molecule has 0 saturated heterocycles. The van der Waals surface area contributed by atoms with E-state index in [2.05, 4.69) is 10.3 Å². The number of carbonyl (C=O) groups excluding carboxylic acids is 3. The van der Waals surface area contributed by atoms with E-state index in [-0.39, 0.29) is 40.5 Å². The first-order valence-electron chi connectivity index (χ1n) is 10.7. The number of allylic oxidation sites excluding steroid dienone is 1. The van der Waals surface area contributed by atoms with Gasteiger partial charge in [-0.1, -0.05) is 18.5 Å². The number of nitrogens with two attached hydrogens (primary N) is 1. The monoisotopic (exact) mass is 492 g/mol. The van der Waals surface area contributed by atoms with Crippen LogP contribution in [0, 0.1) is 11.8 Å². The Morgan fingerprint density at radius 1 is 1.32 bits per heavy atom. The summed E-state index contributed by atoms with van der Waals surface area (Å²) in [5, 5.41) is 46.9. The highest BCUT2D eigenvalue weighted by Gasteiger charge is 2.63. The molecule has 0 radical (unpaired) electrons. The molecule has 0 unspecified atom stereocenters. The number of aromatic hydroxyl groups is 1. The zero-order valence-electron chi connectivity index (χ0n) is 18.7. The molecule has 11 nitrogen and oxygen atoms in total. The molecule has 1 aromatic heterocycles. The number of pyridine rings is 1. The number of hydrogen-bond donors (Lipinski definition) is 6. The van der Waals surface area contributed by atoms with Gasteiger partial charge >= 0.3 is 0 Å². The van der Waals surface area contributed by atoms with Gasteiger partial charge in [0.25, 0.3) is 5.91 Å². The van der Waals surface area contributed by atoms with Gasteiger partial charge in [0.15, 0.2) is 23.0 Å². The Hall–Kier alpha value is -3.15. The Morgan fingerprint density at radius 3 is 2.53 bits per heavy atom. The SMILES string of the molecule is CCN(C)[C@@H]1C(O)=C(C(N)=O)C(=O)[C@@]2(O)C(O)=C3C(=O)c4c(O)c(NC)nc(Cl)c4C[C@H]3C[C@@H]12. The minimum atomic E-state index is -2.68. The molecule has 1 amide bonds. The van der Waals surface area contributed by atoms with Gasteiger partial charge in [-0.2, -0.15) is 0 Å². The Bertz CT molecular complexity index is 1210. The van der Waals surface area contributed by atoms with E-state index >= 15 is 0 Å². The number of Topliss-reactive ketones (excluding diaryl/α,β-unsaturated/α-hetero) is 2. The molecule has 3 aliphatic rings. The molecule has 182 valence electrons. The van der Waals surface area contributed by atoms with Crippen LogP contribution >= 0.6 is 11.6 Å². The average molecular weight is 493 g/mol. The van der Waals surface area contributed by atoms with Crippen LogP contribution in [0.3, 0.4) is 0 Å². The molecule has 12 heteroatoms. The number of nitrogens with one attached hydrogen (secondary N) is 1. The summed E-state index contributed by atoms with van der Waals surface area (Å²) in [6.07, 6.45) is 0.0725. The summed E-state index contributed by atoms with van der Waals surface area (Å²) in [5.74, 6) is -7.21. The molecule has 0 spiro atoms. The Kier molecular flexibility index (Phi) is 5.62. The zero-order valence-corrected chi connectivity index (χ0v) is 19.5. The molecular weight excluding hydrogens is 468 g/mol. The summed E-state index contributed by atoms with van der Waals surface area (Å²) >= 11 is 6.29. The molecular formula is C22H25ClN4O7. The summed E-state index contributed by atoms with van der Waals surface area (Å²) < 4.78 is 0. The number of hydrogen-bond acceptors (Lipinski definition) is 10. The van der Waals surface area contributed by atoms with Gasteiger partial charge in [-0.05, 0) is 32.4 Å². The number of primary amides is 1. The van der Waals surface area contributed by atoms with Gasteiger partial charge in [-0.3, -0.25) is 19.3 Å². The summed E-state index contributed by atoms with van der Waals surface area (Å²) in [4.78, 5) is 44.5. The number of ketones is 2. The first-order chi connectivity index (χ1) is 15.9. The normalized spacial score (nSPS) is 28.6. The van der Waals surface area contributed by atoms with Crippen molar-refractivity contribution in [3.8, 4) is 5.75 Å². The lowest BCUT2D eigenvalue weighted by molar-refractivity contribution is -0.148. The van der Waals surface area contributed by atoms with Crippen LogP contribution in [0.2, 0.25) is 5.15 Å². The predicted molar refractivity (Wildman–Crippen MR) is 121 cm³/mol. The first-order valence-corrected chi connectivity index (χ1v) is 11.1. The third-order valence-corrected chi connectivity index (χ3v) is 7.50. The second-order valence-corrected chi connectivity index (χ2v) is 9.13. The van der Waals surface area contributed by atoms with Gasteiger partial charge in [-0.25, -0.2) is 4.98 Å². The van der Waals surface area contributed by atoms with E-state index in [1.54, 1.807) is 18.9 Å². The maximum absolute atomic E-state index is 13.5. The maximum Gasteiger partial charge on any atom is 0.255 e. The molecule has 7 N–H and O–H groups in total. The van der Waals surface area contributed by atoms with E-state index in [9.17, 15) is 34.8 Å². The number of aromatic nitrogens is 1. The molecule has 0 fully saturated rings. The highest BCUT2D eigenvalue weighted by molar-refractivity contribution is 6.32. The largest absolute Gasteiger partial charge is 0.510 e. The second-order valence-electron chi connectivity index (χ2n) is 8.78. The topological polar surface area (TPSA) is 186 Å². The fraction of sp³-hybridized carbons (Fsp3) is 0.455. The number of nitrogens with zero attached hydrogens (tertiary/aromatic N) is 2. The minimum Gasteiger partial charge on any atom is -0.510 e. The minimum absolute atomic E-state index is 0.00872. The molecule has 0 saturated carbocycles. The van der Waals surface area contributed by atoms with Crippen LogP contribution in [0.15, 0.2) is 22.7 Å². The summed E-state index contributed by atoms with van der Waals surface area (Å²) in [6, 6.07) is -1.04.